The van der Waals surface area contributed by atoms with Crippen molar-refractivity contribution >= 4 is 0 Å². The molecule has 0 atom stereocenters. The molecule has 0 spiro atoms. The van der Waals surface area contributed by atoms with Crippen molar-refractivity contribution in [2.45, 2.75) is 25.2 Å². The fourth-order valence-electron chi connectivity index (χ4n) is 2.74. The number of ether oxygens (including phenoxy) is 1. The van der Waals surface area contributed by atoms with E-state index in [2.05, 4.69) is 27.4 Å². The predicted molar refractivity (Wildman–Crippen MR) is 82.7 cm³/mol. The molecule has 2 heterocycles. The van der Waals surface area contributed by atoms with Gasteiger partial charge in [-0.05, 0) is 43.6 Å². The standard InChI is InChI=1S/C17H21N3O/c1-21-16-4-2-13(3-5-16)10-15-11-20-17(12-19-15)14-6-8-18-9-7-14/h2-5,11-12,14,18H,6-10H2,1H3. The Hall–Kier alpha value is -1.94. The fraction of sp³-hybridized carbons (Fsp3) is 0.412. The van der Waals surface area contributed by atoms with Gasteiger partial charge >= 0.3 is 0 Å². The number of hydrogen-bond donors (Lipinski definition) is 1. The van der Waals surface area contributed by atoms with Gasteiger partial charge in [-0.3, -0.25) is 9.97 Å². The minimum absolute atomic E-state index is 0.564. The van der Waals surface area contributed by atoms with Crippen molar-refractivity contribution in [3.8, 4) is 5.75 Å². The number of benzene rings is 1. The zero-order valence-electron chi connectivity index (χ0n) is 12.4. The molecule has 2 aromatic rings. The normalized spacial score (nSPS) is 15.9. The zero-order valence-corrected chi connectivity index (χ0v) is 12.4. The maximum absolute atomic E-state index is 5.17. The Balaban J connectivity index is 1.65. The van der Waals surface area contributed by atoms with Crippen LogP contribution in [0.4, 0.5) is 0 Å². The maximum atomic E-state index is 5.17. The predicted octanol–water partition coefficient (Wildman–Crippen LogP) is 2.54. The minimum atomic E-state index is 0.564. The van der Waals surface area contributed by atoms with Gasteiger partial charge in [-0.2, -0.15) is 0 Å². The van der Waals surface area contributed by atoms with Crippen molar-refractivity contribution in [1.29, 1.82) is 0 Å². The van der Waals surface area contributed by atoms with E-state index in [1.807, 2.05) is 24.5 Å². The first-order valence-corrected chi connectivity index (χ1v) is 7.49. The highest BCUT2D eigenvalue weighted by Gasteiger charge is 2.16. The smallest absolute Gasteiger partial charge is 0.118 e. The molecule has 110 valence electrons. The first-order chi connectivity index (χ1) is 10.3. The van der Waals surface area contributed by atoms with Crippen molar-refractivity contribution in [2.24, 2.45) is 0 Å². The van der Waals surface area contributed by atoms with Crippen LogP contribution in [0.3, 0.4) is 0 Å². The third-order valence-electron chi connectivity index (χ3n) is 4.03. The average molecular weight is 283 g/mol. The van der Waals surface area contributed by atoms with Crippen LogP contribution in [0.25, 0.3) is 0 Å². The van der Waals surface area contributed by atoms with Crippen LogP contribution in [0.1, 0.15) is 35.7 Å². The molecule has 1 fully saturated rings. The van der Waals surface area contributed by atoms with Crippen molar-refractivity contribution in [1.82, 2.24) is 15.3 Å². The Bertz CT molecular complexity index is 560. The second-order valence-electron chi connectivity index (χ2n) is 5.48. The number of piperidine rings is 1. The summed E-state index contributed by atoms with van der Waals surface area (Å²) in [5.41, 5.74) is 3.37. The van der Waals surface area contributed by atoms with Crippen LogP contribution in [-0.4, -0.2) is 30.2 Å². The maximum Gasteiger partial charge on any atom is 0.118 e. The fourth-order valence-corrected chi connectivity index (χ4v) is 2.74. The Morgan fingerprint density at radius 2 is 1.86 bits per heavy atom. The largest absolute Gasteiger partial charge is 0.497 e. The molecule has 0 radical (unpaired) electrons. The number of nitrogens with one attached hydrogen (secondary N) is 1. The summed E-state index contributed by atoms with van der Waals surface area (Å²) in [5, 5.41) is 3.38. The van der Waals surface area contributed by atoms with Crippen LogP contribution in [-0.2, 0) is 6.42 Å². The molecule has 0 unspecified atom stereocenters. The second-order valence-corrected chi connectivity index (χ2v) is 5.48. The summed E-state index contributed by atoms with van der Waals surface area (Å²) in [6.45, 7) is 2.17. The molecular weight excluding hydrogens is 262 g/mol. The highest BCUT2D eigenvalue weighted by atomic mass is 16.5. The van der Waals surface area contributed by atoms with E-state index >= 15 is 0 Å². The van der Waals surface area contributed by atoms with Crippen molar-refractivity contribution < 1.29 is 4.74 Å². The van der Waals surface area contributed by atoms with Gasteiger partial charge in [-0.15, -0.1) is 0 Å². The van der Waals surface area contributed by atoms with Gasteiger partial charge in [-0.1, -0.05) is 12.1 Å². The summed E-state index contributed by atoms with van der Waals surface area (Å²) >= 11 is 0. The number of methoxy groups -OCH3 is 1. The Kier molecular flexibility index (Phi) is 4.46. The monoisotopic (exact) mass is 283 g/mol. The molecule has 21 heavy (non-hydrogen) atoms. The van der Waals surface area contributed by atoms with E-state index in [9.17, 15) is 0 Å². The van der Waals surface area contributed by atoms with Crippen LogP contribution in [0.2, 0.25) is 0 Å². The number of rotatable bonds is 4. The number of nitrogens with zero attached hydrogens (tertiary/aromatic N) is 2. The van der Waals surface area contributed by atoms with E-state index in [1.165, 1.54) is 5.56 Å². The number of hydrogen-bond acceptors (Lipinski definition) is 4. The van der Waals surface area contributed by atoms with E-state index in [1.54, 1.807) is 7.11 Å². The lowest BCUT2D eigenvalue weighted by atomic mass is 9.95. The van der Waals surface area contributed by atoms with E-state index in [-0.39, 0.29) is 0 Å². The van der Waals surface area contributed by atoms with Crippen molar-refractivity contribution in [3.63, 3.8) is 0 Å². The summed E-state index contributed by atoms with van der Waals surface area (Å²) < 4.78 is 5.17. The summed E-state index contributed by atoms with van der Waals surface area (Å²) in [7, 11) is 1.68. The average Bonchev–Trinajstić information content (AvgIpc) is 2.57. The van der Waals surface area contributed by atoms with E-state index in [0.717, 1.165) is 49.5 Å². The molecular formula is C17H21N3O. The van der Waals surface area contributed by atoms with Gasteiger partial charge in [0.15, 0.2) is 0 Å². The summed E-state index contributed by atoms with van der Waals surface area (Å²) in [4.78, 5) is 9.19. The molecule has 1 N–H and O–H groups in total. The summed E-state index contributed by atoms with van der Waals surface area (Å²) in [6.07, 6.45) is 7.00. The van der Waals surface area contributed by atoms with Crippen LogP contribution < -0.4 is 10.1 Å². The van der Waals surface area contributed by atoms with E-state index < -0.39 is 0 Å². The molecule has 1 aliphatic heterocycles. The summed E-state index contributed by atoms with van der Waals surface area (Å²) in [6, 6.07) is 8.10. The first-order valence-electron chi connectivity index (χ1n) is 7.49. The molecule has 4 nitrogen and oxygen atoms in total. The minimum Gasteiger partial charge on any atom is -0.497 e. The first kappa shape index (κ1) is 14.0. The molecule has 0 amide bonds. The summed E-state index contributed by atoms with van der Waals surface area (Å²) in [5.74, 6) is 1.44. The molecule has 1 aromatic heterocycles. The van der Waals surface area contributed by atoms with Gasteiger partial charge in [0.1, 0.15) is 5.75 Å². The lowest BCUT2D eigenvalue weighted by Gasteiger charge is -2.21. The Morgan fingerprint density at radius 1 is 1.10 bits per heavy atom. The Labute approximate surface area is 125 Å². The Morgan fingerprint density at radius 3 is 2.48 bits per heavy atom. The van der Waals surface area contributed by atoms with Gasteiger partial charge in [0.2, 0.25) is 0 Å². The third-order valence-corrected chi connectivity index (χ3v) is 4.03. The lowest BCUT2D eigenvalue weighted by Crippen LogP contribution is -2.27. The molecule has 1 aromatic carbocycles. The van der Waals surface area contributed by atoms with Crippen LogP contribution in [0, 0.1) is 0 Å². The molecule has 1 saturated heterocycles. The van der Waals surface area contributed by atoms with Gasteiger partial charge in [0.05, 0.1) is 18.5 Å². The highest BCUT2D eigenvalue weighted by molar-refractivity contribution is 5.29. The van der Waals surface area contributed by atoms with Gasteiger partial charge in [0, 0.05) is 24.7 Å². The molecule has 0 bridgehead atoms. The van der Waals surface area contributed by atoms with Crippen LogP contribution >= 0.6 is 0 Å². The van der Waals surface area contributed by atoms with Crippen molar-refractivity contribution in [3.05, 3.63) is 53.6 Å². The SMILES string of the molecule is COc1ccc(Cc2cnc(C3CCNCC3)cn2)cc1. The van der Waals surface area contributed by atoms with Gasteiger partial charge < -0.3 is 10.1 Å². The van der Waals surface area contributed by atoms with Gasteiger partial charge in [-0.25, -0.2) is 0 Å². The second kappa shape index (κ2) is 6.68. The van der Waals surface area contributed by atoms with Gasteiger partial charge in [0.25, 0.3) is 0 Å². The molecule has 1 aliphatic rings. The van der Waals surface area contributed by atoms with Crippen molar-refractivity contribution in [2.75, 3.05) is 20.2 Å². The molecule has 0 aliphatic carbocycles. The topological polar surface area (TPSA) is 47.0 Å². The highest BCUT2D eigenvalue weighted by Crippen LogP contribution is 2.22. The molecule has 4 heteroatoms. The lowest BCUT2D eigenvalue weighted by molar-refractivity contribution is 0.414. The molecule has 3 rings (SSSR count). The number of aromatic nitrogens is 2. The van der Waals surface area contributed by atoms with E-state index in [0.29, 0.717) is 5.92 Å². The van der Waals surface area contributed by atoms with Crippen LogP contribution in [0.5, 0.6) is 5.75 Å². The zero-order chi connectivity index (χ0) is 14.5. The van der Waals surface area contributed by atoms with E-state index in [4.69, 9.17) is 4.74 Å². The van der Waals surface area contributed by atoms with Crippen LogP contribution in [0.15, 0.2) is 36.7 Å². The molecule has 0 saturated carbocycles. The third kappa shape index (κ3) is 3.58. The quantitative estimate of drug-likeness (QED) is 0.936.